The highest BCUT2D eigenvalue weighted by Crippen LogP contribution is 2.35. The Hall–Kier alpha value is -2.99. The summed E-state index contributed by atoms with van der Waals surface area (Å²) >= 11 is 0. The van der Waals surface area contributed by atoms with Gasteiger partial charge in [-0.25, -0.2) is 21.6 Å². The van der Waals surface area contributed by atoms with Crippen LogP contribution < -0.4 is 14.2 Å². The number of rotatable bonds is 6. The van der Waals surface area contributed by atoms with Crippen molar-refractivity contribution in [1.82, 2.24) is 9.21 Å². The molecule has 12 heteroatoms. The standard InChI is InChI=1S/C20H21F3N2O6S/c1-29-14-11-16(31-3)15(30-2)10-12(14)20(26)24-6-8-25(9-7-24)32(27,28)17-5-4-13(21)18(22)19(17)23/h4-5,10-11H,6-9H2,1-3H3. The number of piperazine rings is 1. The summed E-state index contributed by atoms with van der Waals surface area (Å²) in [6.45, 7) is -0.355. The second-order valence-electron chi connectivity index (χ2n) is 6.78. The van der Waals surface area contributed by atoms with Gasteiger partial charge in [-0.2, -0.15) is 4.31 Å². The molecule has 0 bridgehead atoms. The summed E-state index contributed by atoms with van der Waals surface area (Å²) in [7, 11) is -0.183. The van der Waals surface area contributed by atoms with Crippen molar-refractivity contribution in [3.05, 3.63) is 47.3 Å². The predicted molar refractivity (Wildman–Crippen MR) is 107 cm³/mol. The van der Waals surface area contributed by atoms with Crippen LogP contribution in [0.25, 0.3) is 0 Å². The molecule has 8 nitrogen and oxygen atoms in total. The van der Waals surface area contributed by atoms with Crippen LogP contribution in [-0.4, -0.2) is 71.0 Å². The van der Waals surface area contributed by atoms with Gasteiger partial charge in [-0.05, 0) is 12.1 Å². The molecular weight excluding hydrogens is 453 g/mol. The number of hydrogen-bond acceptors (Lipinski definition) is 6. The van der Waals surface area contributed by atoms with Crippen LogP contribution in [0.1, 0.15) is 10.4 Å². The topological polar surface area (TPSA) is 85.4 Å². The third-order valence-corrected chi connectivity index (χ3v) is 7.00. The molecule has 0 radical (unpaired) electrons. The molecule has 1 saturated heterocycles. The maximum Gasteiger partial charge on any atom is 0.257 e. The second kappa shape index (κ2) is 9.25. The van der Waals surface area contributed by atoms with Crippen LogP contribution in [0, 0.1) is 17.5 Å². The highest BCUT2D eigenvalue weighted by molar-refractivity contribution is 7.89. The molecule has 174 valence electrons. The lowest BCUT2D eigenvalue weighted by atomic mass is 10.1. The molecule has 2 aromatic carbocycles. The smallest absolute Gasteiger partial charge is 0.257 e. The minimum Gasteiger partial charge on any atom is -0.496 e. The first-order chi connectivity index (χ1) is 15.1. The molecule has 0 unspecified atom stereocenters. The monoisotopic (exact) mass is 474 g/mol. The number of sulfonamides is 1. The van der Waals surface area contributed by atoms with E-state index >= 15 is 0 Å². The number of ether oxygens (including phenoxy) is 3. The van der Waals surface area contributed by atoms with Crippen LogP contribution in [0.5, 0.6) is 17.2 Å². The maximum absolute atomic E-state index is 14.0. The zero-order valence-corrected chi connectivity index (χ0v) is 18.3. The number of hydrogen-bond donors (Lipinski definition) is 0. The largest absolute Gasteiger partial charge is 0.496 e. The molecule has 0 atom stereocenters. The van der Waals surface area contributed by atoms with Crippen LogP contribution in [0.15, 0.2) is 29.2 Å². The molecule has 0 saturated carbocycles. The zero-order valence-electron chi connectivity index (χ0n) is 17.5. The summed E-state index contributed by atoms with van der Waals surface area (Å²) in [5.41, 5.74) is 0.188. The Kier molecular flexibility index (Phi) is 6.84. The number of benzene rings is 2. The van der Waals surface area contributed by atoms with Crippen molar-refractivity contribution in [1.29, 1.82) is 0 Å². The van der Waals surface area contributed by atoms with Crippen molar-refractivity contribution in [3.8, 4) is 17.2 Å². The summed E-state index contributed by atoms with van der Waals surface area (Å²) in [5.74, 6) is -4.64. The summed E-state index contributed by atoms with van der Waals surface area (Å²) < 4.78 is 82.7. The van der Waals surface area contributed by atoms with Crippen LogP contribution in [0.3, 0.4) is 0 Å². The number of amides is 1. The lowest BCUT2D eigenvalue weighted by Gasteiger charge is -2.34. The Labute approximate surface area is 183 Å². The number of carbonyl (C=O) groups excluding carboxylic acids is 1. The molecule has 2 aromatic rings. The fourth-order valence-electron chi connectivity index (χ4n) is 3.34. The average Bonchev–Trinajstić information content (AvgIpc) is 2.81. The molecule has 32 heavy (non-hydrogen) atoms. The fraction of sp³-hybridized carbons (Fsp3) is 0.350. The van der Waals surface area contributed by atoms with Gasteiger partial charge in [-0.15, -0.1) is 0 Å². The molecule has 1 aliphatic heterocycles. The van der Waals surface area contributed by atoms with E-state index in [4.69, 9.17) is 14.2 Å². The molecule has 0 aliphatic carbocycles. The summed E-state index contributed by atoms with van der Waals surface area (Å²) in [6, 6.07) is 4.18. The molecule has 1 fully saturated rings. The third kappa shape index (κ3) is 4.19. The van der Waals surface area contributed by atoms with Crippen molar-refractivity contribution in [3.63, 3.8) is 0 Å². The zero-order chi connectivity index (χ0) is 23.6. The Morgan fingerprint density at radius 3 is 1.97 bits per heavy atom. The van der Waals surface area contributed by atoms with Crippen LogP contribution in [-0.2, 0) is 10.0 Å². The van der Waals surface area contributed by atoms with Gasteiger partial charge in [-0.1, -0.05) is 0 Å². The first-order valence-corrected chi connectivity index (χ1v) is 10.8. The lowest BCUT2D eigenvalue weighted by Crippen LogP contribution is -2.50. The Morgan fingerprint density at radius 2 is 1.41 bits per heavy atom. The van der Waals surface area contributed by atoms with Gasteiger partial charge in [-0.3, -0.25) is 4.79 Å². The fourth-order valence-corrected chi connectivity index (χ4v) is 4.82. The highest BCUT2D eigenvalue weighted by Gasteiger charge is 2.34. The molecule has 0 N–H and O–H groups in total. The lowest BCUT2D eigenvalue weighted by molar-refractivity contribution is 0.0694. The van der Waals surface area contributed by atoms with Crippen molar-refractivity contribution in [2.24, 2.45) is 0 Å². The van der Waals surface area contributed by atoms with Crippen LogP contribution in [0.4, 0.5) is 13.2 Å². The second-order valence-corrected chi connectivity index (χ2v) is 8.68. The molecule has 0 spiro atoms. The minimum absolute atomic E-state index is 0.0130. The van der Waals surface area contributed by atoms with E-state index in [1.54, 1.807) is 0 Å². The molecule has 3 rings (SSSR count). The van der Waals surface area contributed by atoms with Gasteiger partial charge in [0.05, 0.1) is 26.9 Å². The summed E-state index contributed by atoms with van der Waals surface area (Å²) in [4.78, 5) is 13.5. The Balaban J connectivity index is 1.80. The quantitative estimate of drug-likeness (QED) is 0.598. The van der Waals surface area contributed by atoms with E-state index in [1.165, 1.54) is 38.4 Å². The van der Waals surface area contributed by atoms with Crippen molar-refractivity contribution in [2.75, 3.05) is 47.5 Å². The molecule has 1 aliphatic rings. The summed E-state index contributed by atoms with van der Waals surface area (Å²) in [6.07, 6.45) is 0. The Morgan fingerprint density at radius 1 is 0.844 bits per heavy atom. The van der Waals surface area contributed by atoms with Gasteiger partial charge >= 0.3 is 0 Å². The maximum atomic E-state index is 14.0. The Bertz CT molecular complexity index is 1130. The minimum atomic E-state index is -4.43. The molecule has 1 amide bonds. The van der Waals surface area contributed by atoms with E-state index in [1.807, 2.05) is 0 Å². The van der Waals surface area contributed by atoms with Gasteiger partial charge in [0, 0.05) is 38.3 Å². The van der Waals surface area contributed by atoms with E-state index < -0.39 is 38.3 Å². The SMILES string of the molecule is COc1cc(OC)c(C(=O)N2CCN(S(=O)(=O)c3ccc(F)c(F)c3F)CC2)cc1OC. The van der Waals surface area contributed by atoms with E-state index in [0.29, 0.717) is 23.6 Å². The van der Waals surface area contributed by atoms with Gasteiger partial charge in [0.1, 0.15) is 10.6 Å². The van der Waals surface area contributed by atoms with Gasteiger partial charge in [0.2, 0.25) is 10.0 Å². The first kappa shape index (κ1) is 23.7. The van der Waals surface area contributed by atoms with Crippen LogP contribution in [0.2, 0.25) is 0 Å². The van der Waals surface area contributed by atoms with E-state index in [0.717, 1.165) is 4.31 Å². The number of methoxy groups -OCH3 is 3. The summed E-state index contributed by atoms with van der Waals surface area (Å²) in [5, 5.41) is 0. The highest BCUT2D eigenvalue weighted by atomic mass is 32.2. The van der Waals surface area contributed by atoms with Gasteiger partial charge < -0.3 is 19.1 Å². The number of halogens is 3. The average molecular weight is 474 g/mol. The molecule has 0 aromatic heterocycles. The normalized spacial score (nSPS) is 14.9. The van der Waals surface area contributed by atoms with Gasteiger partial charge in [0.15, 0.2) is 29.0 Å². The van der Waals surface area contributed by atoms with E-state index in [9.17, 15) is 26.4 Å². The van der Waals surface area contributed by atoms with E-state index in [-0.39, 0.29) is 37.5 Å². The third-order valence-electron chi connectivity index (χ3n) is 5.08. The van der Waals surface area contributed by atoms with E-state index in [2.05, 4.69) is 0 Å². The number of nitrogens with zero attached hydrogens (tertiary/aromatic N) is 2. The van der Waals surface area contributed by atoms with Crippen molar-refractivity contribution < 1.29 is 40.6 Å². The first-order valence-electron chi connectivity index (χ1n) is 9.38. The van der Waals surface area contributed by atoms with Crippen molar-refractivity contribution >= 4 is 15.9 Å². The predicted octanol–water partition coefficient (Wildman–Crippen LogP) is 2.28. The molecule has 1 heterocycles. The molecular formula is C20H21F3N2O6S. The van der Waals surface area contributed by atoms with Crippen molar-refractivity contribution in [2.45, 2.75) is 4.90 Å². The van der Waals surface area contributed by atoms with Crippen LogP contribution >= 0.6 is 0 Å². The number of carbonyl (C=O) groups is 1. The van der Waals surface area contributed by atoms with Gasteiger partial charge in [0.25, 0.3) is 5.91 Å².